The maximum atomic E-state index is 12.4. The van der Waals surface area contributed by atoms with Gasteiger partial charge in [0.1, 0.15) is 11.8 Å². The number of carbonyl (C=O) groups is 1. The largest absolute Gasteiger partial charge is 0.496 e. The normalized spacial score (nSPS) is 21.1. The van der Waals surface area contributed by atoms with Gasteiger partial charge in [-0.15, -0.1) is 0 Å². The Labute approximate surface area is 157 Å². The van der Waals surface area contributed by atoms with Crippen molar-refractivity contribution in [3.8, 4) is 5.75 Å². The van der Waals surface area contributed by atoms with E-state index in [-0.39, 0.29) is 11.9 Å². The van der Waals surface area contributed by atoms with Crippen molar-refractivity contribution in [1.82, 2.24) is 15.1 Å². The number of para-hydroxylation sites is 1. The molecule has 1 atom stereocenters. The molecule has 26 heavy (non-hydrogen) atoms. The summed E-state index contributed by atoms with van der Waals surface area (Å²) in [5.74, 6) is 1.78. The molecule has 1 amide bonds. The predicted molar refractivity (Wildman–Crippen MR) is 104 cm³/mol. The van der Waals surface area contributed by atoms with E-state index >= 15 is 0 Å². The second-order valence-electron chi connectivity index (χ2n) is 7.38. The van der Waals surface area contributed by atoms with E-state index in [2.05, 4.69) is 22.3 Å². The highest BCUT2D eigenvalue weighted by molar-refractivity contribution is 5.84. The van der Waals surface area contributed by atoms with E-state index in [0.29, 0.717) is 5.92 Å². The van der Waals surface area contributed by atoms with Crippen LogP contribution in [0.25, 0.3) is 0 Å². The number of methoxy groups -OCH3 is 1. The monoisotopic (exact) mass is 357 g/mol. The zero-order valence-electron chi connectivity index (χ0n) is 16.0. The van der Waals surface area contributed by atoms with E-state index in [9.17, 15) is 4.79 Å². The molecule has 0 aromatic heterocycles. The van der Waals surface area contributed by atoms with Crippen LogP contribution in [0.2, 0.25) is 0 Å². The Balaban J connectivity index is 1.40. The first kappa shape index (κ1) is 18.9. The third-order valence-corrected chi connectivity index (χ3v) is 5.56. The number of amides is 1. The zero-order valence-corrected chi connectivity index (χ0v) is 16.0. The number of piperidine rings is 1. The highest BCUT2D eigenvalue weighted by atomic mass is 16.5. The topological polar surface area (TPSA) is 44.8 Å². The lowest BCUT2D eigenvalue weighted by atomic mass is 9.95. The first-order chi connectivity index (χ1) is 12.7. The number of likely N-dealkylation sites (N-methyl/N-ethyl adjacent to an activating group) is 1. The molecular weight excluding hydrogens is 326 g/mol. The van der Waals surface area contributed by atoms with Crippen LogP contribution in [0.15, 0.2) is 36.4 Å². The van der Waals surface area contributed by atoms with Gasteiger partial charge >= 0.3 is 0 Å². The molecule has 0 aliphatic carbocycles. The molecule has 2 aliphatic rings. The van der Waals surface area contributed by atoms with E-state index in [4.69, 9.17) is 4.74 Å². The summed E-state index contributed by atoms with van der Waals surface area (Å²) in [6, 6.07) is 8.15. The maximum absolute atomic E-state index is 12.4. The quantitative estimate of drug-likeness (QED) is 0.758. The highest BCUT2D eigenvalue weighted by Crippen LogP contribution is 2.21. The van der Waals surface area contributed by atoms with Crippen molar-refractivity contribution >= 4 is 5.91 Å². The molecule has 1 N–H and O–H groups in total. The van der Waals surface area contributed by atoms with Gasteiger partial charge in [-0.05, 0) is 49.9 Å². The van der Waals surface area contributed by atoms with Gasteiger partial charge in [0.05, 0.1) is 7.11 Å². The van der Waals surface area contributed by atoms with E-state index in [0.717, 1.165) is 57.7 Å². The molecule has 1 aromatic carbocycles. The number of benzene rings is 1. The number of rotatable bonds is 7. The van der Waals surface area contributed by atoms with Crippen LogP contribution >= 0.6 is 0 Å². The van der Waals surface area contributed by atoms with Gasteiger partial charge in [-0.3, -0.25) is 10.1 Å². The fourth-order valence-electron chi connectivity index (χ4n) is 3.93. The summed E-state index contributed by atoms with van der Waals surface area (Å²) < 4.78 is 5.44. The van der Waals surface area contributed by atoms with Gasteiger partial charge in [0.15, 0.2) is 0 Å². The summed E-state index contributed by atoms with van der Waals surface area (Å²) in [5.41, 5.74) is 1.28. The average molecular weight is 357 g/mol. The lowest BCUT2D eigenvalue weighted by Gasteiger charge is -2.34. The molecular formula is C21H31N3O2. The van der Waals surface area contributed by atoms with Crippen LogP contribution in [0.1, 0.15) is 18.4 Å². The second kappa shape index (κ2) is 9.19. The van der Waals surface area contributed by atoms with Crippen molar-refractivity contribution in [1.29, 1.82) is 0 Å². The van der Waals surface area contributed by atoms with Gasteiger partial charge < -0.3 is 14.5 Å². The number of likely N-dealkylation sites (tertiary alicyclic amines) is 1. The van der Waals surface area contributed by atoms with Crippen molar-refractivity contribution in [2.45, 2.75) is 25.3 Å². The molecule has 2 aliphatic heterocycles. The summed E-state index contributed by atoms with van der Waals surface area (Å²) in [6.07, 6.45) is 7.34. The highest BCUT2D eigenvalue weighted by Gasteiger charge is 2.25. The Bertz CT molecular complexity index is 623. The number of carbonyl (C=O) groups excluding carboxylic acids is 1. The summed E-state index contributed by atoms with van der Waals surface area (Å²) in [7, 11) is 3.67. The summed E-state index contributed by atoms with van der Waals surface area (Å²) in [4.78, 5) is 16.8. The van der Waals surface area contributed by atoms with Crippen LogP contribution in [-0.4, -0.2) is 68.6 Å². The van der Waals surface area contributed by atoms with Crippen LogP contribution in [-0.2, 0) is 11.2 Å². The molecule has 3 rings (SSSR count). The Hall–Kier alpha value is -1.85. The van der Waals surface area contributed by atoms with Crippen molar-refractivity contribution in [3.63, 3.8) is 0 Å². The van der Waals surface area contributed by atoms with Crippen LogP contribution in [0.3, 0.4) is 0 Å². The maximum Gasteiger partial charge on any atom is 0.243 e. The van der Waals surface area contributed by atoms with Crippen molar-refractivity contribution in [2.75, 3.05) is 46.9 Å². The van der Waals surface area contributed by atoms with E-state index in [1.165, 1.54) is 5.56 Å². The molecule has 1 aromatic rings. The van der Waals surface area contributed by atoms with Gasteiger partial charge in [0, 0.05) is 26.7 Å². The molecule has 5 nitrogen and oxygen atoms in total. The van der Waals surface area contributed by atoms with Gasteiger partial charge in [-0.2, -0.15) is 0 Å². The van der Waals surface area contributed by atoms with Crippen molar-refractivity contribution in [2.24, 2.45) is 5.92 Å². The summed E-state index contributed by atoms with van der Waals surface area (Å²) >= 11 is 0. The molecule has 1 unspecified atom stereocenters. The first-order valence-electron chi connectivity index (χ1n) is 9.66. The Morgan fingerprint density at radius 2 is 2.08 bits per heavy atom. The number of hydrogen-bond acceptors (Lipinski definition) is 4. The van der Waals surface area contributed by atoms with Crippen LogP contribution in [0, 0.1) is 5.92 Å². The van der Waals surface area contributed by atoms with Gasteiger partial charge in [-0.25, -0.2) is 0 Å². The van der Waals surface area contributed by atoms with Crippen LogP contribution in [0.4, 0.5) is 0 Å². The fourth-order valence-corrected chi connectivity index (χ4v) is 3.93. The molecule has 1 saturated heterocycles. The van der Waals surface area contributed by atoms with E-state index in [1.54, 1.807) is 7.11 Å². The molecule has 0 bridgehead atoms. The lowest BCUT2D eigenvalue weighted by Crippen LogP contribution is -2.45. The van der Waals surface area contributed by atoms with Gasteiger partial charge in [0.25, 0.3) is 0 Å². The van der Waals surface area contributed by atoms with Crippen molar-refractivity contribution in [3.05, 3.63) is 42.0 Å². The van der Waals surface area contributed by atoms with Gasteiger partial charge in [-0.1, -0.05) is 30.4 Å². The van der Waals surface area contributed by atoms with E-state index in [1.807, 2.05) is 36.2 Å². The van der Waals surface area contributed by atoms with Crippen molar-refractivity contribution < 1.29 is 9.53 Å². The SMILES string of the molecule is COc1ccccc1CCN1CCC(CN(C)C(=O)C2C=CCN2)CC1. The fraction of sp³-hybridized carbons (Fsp3) is 0.571. The third kappa shape index (κ3) is 4.86. The number of hydrogen-bond donors (Lipinski definition) is 1. The van der Waals surface area contributed by atoms with Crippen LogP contribution in [0.5, 0.6) is 5.75 Å². The smallest absolute Gasteiger partial charge is 0.243 e. The summed E-state index contributed by atoms with van der Waals surface area (Å²) in [6.45, 7) is 4.96. The number of nitrogens with zero attached hydrogens (tertiary/aromatic N) is 2. The number of ether oxygens (including phenoxy) is 1. The molecule has 1 fully saturated rings. The van der Waals surface area contributed by atoms with E-state index < -0.39 is 0 Å². The third-order valence-electron chi connectivity index (χ3n) is 5.56. The Morgan fingerprint density at radius 3 is 2.77 bits per heavy atom. The molecule has 0 saturated carbocycles. The Kier molecular flexibility index (Phi) is 6.69. The lowest BCUT2D eigenvalue weighted by molar-refractivity contribution is -0.131. The predicted octanol–water partition coefficient (Wildman–Crippen LogP) is 1.94. The minimum absolute atomic E-state index is 0.124. The summed E-state index contributed by atoms with van der Waals surface area (Å²) in [5, 5.41) is 3.20. The van der Waals surface area contributed by atoms with Gasteiger partial charge in [0.2, 0.25) is 5.91 Å². The molecule has 2 heterocycles. The minimum Gasteiger partial charge on any atom is -0.496 e. The average Bonchev–Trinajstić information content (AvgIpc) is 3.21. The second-order valence-corrected chi connectivity index (χ2v) is 7.38. The van der Waals surface area contributed by atoms with Crippen LogP contribution < -0.4 is 10.1 Å². The molecule has 142 valence electrons. The Morgan fingerprint density at radius 1 is 1.31 bits per heavy atom. The number of nitrogens with one attached hydrogen (secondary N) is 1. The first-order valence-corrected chi connectivity index (χ1v) is 9.66. The minimum atomic E-state index is -0.124. The standard InChI is InChI=1S/C21H31N3O2/c1-23(21(25)19-7-5-12-22-19)16-17-9-13-24(14-10-17)15-11-18-6-3-4-8-20(18)26-2/h3-8,17,19,22H,9-16H2,1-2H3. The molecule has 0 spiro atoms. The zero-order chi connectivity index (χ0) is 18.4. The molecule has 5 heteroatoms. The molecule has 0 radical (unpaired) electrons.